The second-order valence-electron chi connectivity index (χ2n) is 5.93. The Bertz CT molecular complexity index is 1000. The van der Waals surface area contributed by atoms with E-state index in [1.807, 2.05) is 5.40 Å². The molecule has 29 heavy (non-hydrogen) atoms. The number of thiocyanates is 1. The van der Waals surface area contributed by atoms with Gasteiger partial charge in [0.25, 0.3) is 11.6 Å². The zero-order chi connectivity index (χ0) is 21.4. The highest BCUT2D eigenvalue weighted by atomic mass is 32.2. The Morgan fingerprint density at radius 2 is 1.93 bits per heavy atom. The monoisotopic (exact) mass is 411 g/mol. The molecule has 0 unspecified atom stereocenters. The Kier molecular flexibility index (Phi) is 7.51. The van der Waals surface area contributed by atoms with Gasteiger partial charge in [-0.25, -0.2) is 4.79 Å². The number of aryl methyl sites for hydroxylation is 2. The van der Waals surface area contributed by atoms with E-state index >= 15 is 0 Å². The molecule has 148 valence electrons. The number of nitro benzene ring substituents is 1. The van der Waals surface area contributed by atoms with E-state index in [1.165, 1.54) is 24.3 Å². The fraction of sp³-hybridized carbons (Fsp3) is 0.150. The van der Waals surface area contributed by atoms with Crippen LogP contribution in [-0.4, -0.2) is 23.4 Å². The molecule has 0 saturated heterocycles. The van der Waals surface area contributed by atoms with Gasteiger partial charge in [-0.05, 0) is 61.0 Å². The van der Waals surface area contributed by atoms with Crippen LogP contribution in [0.25, 0.3) is 6.08 Å². The summed E-state index contributed by atoms with van der Waals surface area (Å²) in [4.78, 5) is 35.1. The van der Waals surface area contributed by atoms with Gasteiger partial charge in [-0.3, -0.25) is 14.9 Å². The first-order chi connectivity index (χ1) is 13.8. The summed E-state index contributed by atoms with van der Waals surface area (Å²) in [6.45, 7) is 3.09. The maximum absolute atomic E-state index is 12.1. The van der Waals surface area contributed by atoms with Crippen LogP contribution >= 0.6 is 11.8 Å². The normalized spacial score (nSPS) is 10.4. The fourth-order valence-corrected chi connectivity index (χ4v) is 3.12. The van der Waals surface area contributed by atoms with Gasteiger partial charge >= 0.3 is 5.97 Å². The standard InChI is InChI=1S/C20H17N3O5S/c1-13-9-16(29-12-21)10-14(2)20(13)22-18(24)11-28-19(25)8-7-15-5-3-4-6-17(15)23(26)27/h3-10H,11H2,1-2H3,(H,22,24)/b8-7+. The van der Waals surface area contributed by atoms with Crippen molar-refractivity contribution in [1.29, 1.82) is 5.26 Å². The summed E-state index contributed by atoms with van der Waals surface area (Å²) in [6, 6.07) is 9.50. The molecule has 0 aliphatic rings. The molecule has 1 N–H and O–H groups in total. The van der Waals surface area contributed by atoms with Crippen LogP contribution in [0.4, 0.5) is 11.4 Å². The number of esters is 1. The molecule has 2 aromatic rings. The van der Waals surface area contributed by atoms with Crippen LogP contribution in [0.1, 0.15) is 16.7 Å². The maximum atomic E-state index is 12.1. The molecule has 0 aliphatic carbocycles. The summed E-state index contributed by atoms with van der Waals surface area (Å²) in [5.41, 5.74) is 2.25. The Morgan fingerprint density at radius 1 is 1.28 bits per heavy atom. The van der Waals surface area contributed by atoms with E-state index in [9.17, 15) is 19.7 Å². The molecule has 2 rings (SSSR count). The Hall–Kier alpha value is -3.64. The van der Waals surface area contributed by atoms with E-state index in [0.717, 1.165) is 33.9 Å². The van der Waals surface area contributed by atoms with Crippen LogP contribution in [0, 0.1) is 34.6 Å². The quantitative estimate of drug-likeness (QED) is 0.183. The number of nitro groups is 1. The molecule has 2 aromatic carbocycles. The lowest BCUT2D eigenvalue weighted by molar-refractivity contribution is -0.385. The molecule has 9 heteroatoms. The predicted molar refractivity (Wildman–Crippen MR) is 109 cm³/mol. The lowest BCUT2D eigenvalue weighted by Gasteiger charge is -2.12. The average Bonchev–Trinajstić information content (AvgIpc) is 2.68. The van der Waals surface area contributed by atoms with Crippen LogP contribution in [-0.2, 0) is 14.3 Å². The van der Waals surface area contributed by atoms with Crippen molar-refractivity contribution in [3.63, 3.8) is 0 Å². The zero-order valence-electron chi connectivity index (χ0n) is 15.7. The second kappa shape index (κ2) is 10.1. The molecule has 0 atom stereocenters. The van der Waals surface area contributed by atoms with Gasteiger partial charge in [0.15, 0.2) is 6.61 Å². The molecular formula is C20H17N3O5S. The van der Waals surface area contributed by atoms with Gasteiger partial charge in [0.05, 0.1) is 10.5 Å². The summed E-state index contributed by atoms with van der Waals surface area (Å²) >= 11 is 1.03. The van der Waals surface area contributed by atoms with Crippen molar-refractivity contribution in [3.8, 4) is 5.40 Å². The molecule has 0 aromatic heterocycles. The van der Waals surface area contributed by atoms with E-state index in [0.29, 0.717) is 5.69 Å². The Labute approximate surface area is 171 Å². The minimum Gasteiger partial charge on any atom is -0.452 e. The zero-order valence-corrected chi connectivity index (χ0v) is 16.5. The summed E-state index contributed by atoms with van der Waals surface area (Å²) < 4.78 is 4.89. The average molecular weight is 411 g/mol. The maximum Gasteiger partial charge on any atom is 0.331 e. The van der Waals surface area contributed by atoms with Gasteiger partial charge in [-0.2, -0.15) is 5.26 Å². The van der Waals surface area contributed by atoms with Gasteiger partial charge in [-0.15, -0.1) is 0 Å². The van der Waals surface area contributed by atoms with Gasteiger partial charge in [0.1, 0.15) is 5.40 Å². The number of nitriles is 1. The molecule has 0 saturated carbocycles. The molecule has 0 aliphatic heterocycles. The number of carbonyl (C=O) groups excluding carboxylic acids is 2. The van der Waals surface area contributed by atoms with Crippen LogP contribution in [0.5, 0.6) is 0 Å². The van der Waals surface area contributed by atoms with Crippen molar-refractivity contribution in [3.05, 3.63) is 69.3 Å². The molecule has 0 radical (unpaired) electrons. The van der Waals surface area contributed by atoms with Crippen molar-refractivity contribution >= 4 is 41.1 Å². The van der Waals surface area contributed by atoms with Gasteiger partial charge in [0.2, 0.25) is 0 Å². The molecular weight excluding hydrogens is 394 g/mol. The first-order valence-electron chi connectivity index (χ1n) is 8.37. The van der Waals surface area contributed by atoms with Crippen molar-refractivity contribution in [1.82, 2.24) is 0 Å². The number of ether oxygens (including phenoxy) is 1. The third-order valence-corrected chi connectivity index (χ3v) is 4.37. The number of nitrogens with one attached hydrogen (secondary N) is 1. The molecule has 0 fully saturated rings. The lowest BCUT2D eigenvalue weighted by Crippen LogP contribution is -2.21. The topological polar surface area (TPSA) is 122 Å². The number of nitrogens with zero attached hydrogens (tertiary/aromatic N) is 2. The minimum absolute atomic E-state index is 0.141. The summed E-state index contributed by atoms with van der Waals surface area (Å²) in [5, 5.41) is 24.4. The number of benzene rings is 2. The van der Waals surface area contributed by atoms with Gasteiger partial charge < -0.3 is 10.1 Å². The predicted octanol–water partition coefficient (Wildman–Crippen LogP) is 3.98. The van der Waals surface area contributed by atoms with E-state index < -0.39 is 23.4 Å². The van der Waals surface area contributed by atoms with Crippen LogP contribution in [0.15, 0.2) is 47.4 Å². The number of anilines is 1. The van der Waals surface area contributed by atoms with E-state index in [4.69, 9.17) is 10.00 Å². The number of amides is 1. The molecule has 0 spiro atoms. The number of para-hydroxylation sites is 1. The third-order valence-electron chi connectivity index (χ3n) is 3.81. The first-order valence-corrected chi connectivity index (χ1v) is 9.18. The largest absolute Gasteiger partial charge is 0.452 e. The van der Waals surface area contributed by atoms with E-state index in [2.05, 4.69) is 5.32 Å². The summed E-state index contributed by atoms with van der Waals surface area (Å²) in [6.07, 6.45) is 2.29. The van der Waals surface area contributed by atoms with Gasteiger partial charge in [-0.1, -0.05) is 12.1 Å². The van der Waals surface area contributed by atoms with Crippen molar-refractivity contribution in [2.75, 3.05) is 11.9 Å². The van der Waals surface area contributed by atoms with E-state index in [-0.39, 0.29) is 11.3 Å². The van der Waals surface area contributed by atoms with E-state index in [1.54, 1.807) is 32.0 Å². The third kappa shape index (κ3) is 6.19. The van der Waals surface area contributed by atoms with Crippen LogP contribution in [0.2, 0.25) is 0 Å². The summed E-state index contributed by atoms with van der Waals surface area (Å²) in [5.74, 6) is -1.32. The van der Waals surface area contributed by atoms with Crippen LogP contribution in [0.3, 0.4) is 0 Å². The van der Waals surface area contributed by atoms with Crippen molar-refractivity contribution in [2.45, 2.75) is 18.7 Å². The molecule has 8 nitrogen and oxygen atoms in total. The highest BCUT2D eigenvalue weighted by Crippen LogP contribution is 2.27. The van der Waals surface area contributed by atoms with Crippen molar-refractivity contribution in [2.24, 2.45) is 0 Å². The smallest absolute Gasteiger partial charge is 0.331 e. The number of carbonyl (C=O) groups is 2. The number of hydrogen-bond acceptors (Lipinski definition) is 7. The number of rotatable bonds is 7. The lowest BCUT2D eigenvalue weighted by atomic mass is 10.1. The number of thioether (sulfide) groups is 1. The summed E-state index contributed by atoms with van der Waals surface area (Å²) in [7, 11) is 0. The molecule has 0 bridgehead atoms. The molecule has 0 heterocycles. The fourth-order valence-electron chi connectivity index (χ4n) is 2.55. The van der Waals surface area contributed by atoms with Crippen molar-refractivity contribution < 1.29 is 19.2 Å². The SMILES string of the molecule is Cc1cc(SC#N)cc(C)c1NC(=O)COC(=O)/C=C/c1ccccc1[N+](=O)[O-]. The Balaban J connectivity index is 1.95. The number of hydrogen-bond donors (Lipinski definition) is 1. The second-order valence-corrected chi connectivity index (χ2v) is 6.79. The Morgan fingerprint density at radius 3 is 2.55 bits per heavy atom. The van der Waals surface area contributed by atoms with Crippen LogP contribution < -0.4 is 5.32 Å². The highest BCUT2D eigenvalue weighted by molar-refractivity contribution is 8.03. The minimum atomic E-state index is -0.799. The highest BCUT2D eigenvalue weighted by Gasteiger charge is 2.12. The first kappa shape index (κ1) is 21.7. The van der Waals surface area contributed by atoms with Gasteiger partial charge in [0, 0.05) is 22.7 Å². The molecule has 1 amide bonds.